The molecule has 1 amide bonds. The van der Waals surface area contributed by atoms with Crippen molar-refractivity contribution in [2.24, 2.45) is 0 Å². The molecule has 32 heavy (non-hydrogen) atoms. The number of rotatable bonds is 6. The van der Waals surface area contributed by atoms with Crippen LogP contribution in [0.4, 0.5) is 5.69 Å². The van der Waals surface area contributed by atoms with E-state index in [1.807, 2.05) is 40.9 Å². The number of ether oxygens (including phenoxy) is 1. The summed E-state index contributed by atoms with van der Waals surface area (Å²) in [6.07, 6.45) is 3.11. The first-order valence-corrected chi connectivity index (χ1v) is 11.4. The van der Waals surface area contributed by atoms with Gasteiger partial charge in [-0.15, -0.1) is 0 Å². The number of pyridine rings is 1. The molecule has 0 radical (unpaired) electrons. The Hall–Kier alpha value is -3.09. The highest BCUT2D eigenvalue weighted by molar-refractivity contribution is 5.81. The zero-order valence-electron chi connectivity index (χ0n) is 19.8. The van der Waals surface area contributed by atoms with Crippen LogP contribution in [0.1, 0.15) is 43.1 Å². The molecule has 1 aliphatic heterocycles. The van der Waals surface area contributed by atoms with Crippen LogP contribution >= 0.6 is 0 Å². The molecule has 2 aromatic heterocycles. The lowest BCUT2D eigenvalue weighted by molar-refractivity contribution is -0.131. The van der Waals surface area contributed by atoms with Crippen LogP contribution in [0.3, 0.4) is 0 Å². The van der Waals surface area contributed by atoms with Gasteiger partial charge in [-0.3, -0.25) is 4.79 Å². The number of hydrogen-bond donors (Lipinski definition) is 0. The van der Waals surface area contributed by atoms with E-state index in [1.54, 1.807) is 7.11 Å². The van der Waals surface area contributed by atoms with Gasteiger partial charge in [0.15, 0.2) is 5.65 Å². The monoisotopic (exact) mass is 435 g/mol. The van der Waals surface area contributed by atoms with Crippen LogP contribution in [-0.2, 0) is 11.2 Å². The van der Waals surface area contributed by atoms with E-state index in [0.717, 1.165) is 54.3 Å². The average Bonchev–Trinajstić information content (AvgIpc) is 3.23. The molecular weight excluding hydrogens is 402 g/mol. The fourth-order valence-electron chi connectivity index (χ4n) is 4.62. The van der Waals surface area contributed by atoms with Crippen molar-refractivity contribution in [2.45, 2.75) is 46.6 Å². The lowest BCUT2D eigenvalue weighted by Gasteiger charge is -2.36. The summed E-state index contributed by atoms with van der Waals surface area (Å²) >= 11 is 0. The van der Waals surface area contributed by atoms with Crippen molar-refractivity contribution in [1.29, 1.82) is 0 Å². The zero-order chi connectivity index (χ0) is 22.8. The summed E-state index contributed by atoms with van der Waals surface area (Å²) in [6, 6.07) is 8.32. The molecule has 4 rings (SSSR count). The first-order chi connectivity index (χ1) is 15.4. The molecular formula is C25H33N5O2. The number of carbonyl (C=O) groups is 1. The molecule has 0 bridgehead atoms. The number of anilines is 1. The molecule has 7 heteroatoms. The molecule has 0 unspecified atom stereocenters. The van der Waals surface area contributed by atoms with Crippen LogP contribution in [0, 0.1) is 13.8 Å². The molecule has 7 nitrogen and oxygen atoms in total. The summed E-state index contributed by atoms with van der Waals surface area (Å²) in [7, 11) is 1.70. The Bertz CT molecular complexity index is 1110. The summed E-state index contributed by atoms with van der Waals surface area (Å²) in [5.41, 5.74) is 5.37. The number of carbonyl (C=O) groups excluding carboxylic acids is 1. The smallest absolute Gasteiger partial charge is 0.223 e. The number of nitrogens with zero attached hydrogens (tertiary/aromatic N) is 5. The minimum atomic E-state index is 0.210. The average molecular weight is 436 g/mol. The van der Waals surface area contributed by atoms with Crippen LogP contribution in [0.5, 0.6) is 5.75 Å². The van der Waals surface area contributed by atoms with Crippen molar-refractivity contribution in [3.8, 4) is 5.75 Å². The van der Waals surface area contributed by atoms with E-state index >= 15 is 0 Å². The normalized spacial score (nSPS) is 14.4. The Balaban J connectivity index is 1.40. The Labute approximate surface area is 190 Å². The summed E-state index contributed by atoms with van der Waals surface area (Å²) < 4.78 is 7.46. The standard InChI is InChI=1S/C25H33N5O2/c1-17(2)30-25-21(16-26-30)18(3)20(19(4)27-25)10-11-24(31)29-14-12-28(13-15-29)22-8-6-7-9-23(22)32-5/h6-9,16-17H,10-15H2,1-5H3. The number of aromatic nitrogens is 3. The molecule has 0 atom stereocenters. The molecule has 3 aromatic rings. The lowest BCUT2D eigenvalue weighted by atomic mass is 10.00. The van der Waals surface area contributed by atoms with E-state index in [-0.39, 0.29) is 11.9 Å². The van der Waals surface area contributed by atoms with Gasteiger partial charge in [0.1, 0.15) is 5.75 Å². The number of methoxy groups -OCH3 is 1. The molecule has 1 saturated heterocycles. The van der Waals surface area contributed by atoms with Crippen molar-refractivity contribution in [1.82, 2.24) is 19.7 Å². The number of aryl methyl sites for hydroxylation is 2. The van der Waals surface area contributed by atoms with Gasteiger partial charge in [0.2, 0.25) is 5.91 Å². The molecule has 0 spiro atoms. The second-order valence-corrected chi connectivity index (χ2v) is 8.76. The molecule has 1 aromatic carbocycles. The summed E-state index contributed by atoms with van der Waals surface area (Å²) in [6.45, 7) is 11.5. The predicted octanol–water partition coefficient (Wildman–Crippen LogP) is 3.92. The van der Waals surface area contributed by atoms with Gasteiger partial charge < -0.3 is 14.5 Å². The SMILES string of the molecule is COc1ccccc1N1CCN(C(=O)CCc2c(C)nc3c(cnn3C(C)C)c2C)CC1. The fraction of sp³-hybridized carbons (Fsp3) is 0.480. The second-order valence-electron chi connectivity index (χ2n) is 8.76. The first kappa shape index (κ1) is 22.1. The summed E-state index contributed by atoms with van der Waals surface area (Å²) in [5, 5.41) is 5.60. The maximum absolute atomic E-state index is 13.0. The van der Waals surface area contributed by atoms with Crippen molar-refractivity contribution in [3.05, 3.63) is 47.3 Å². The highest BCUT2D eigenvalue weighted by Crippen LogP contribution is 2.29. The Morgan fingerprint density at radius 1 is 1.12 bits per heavy atom. The van der Waals surface area contributed by atoms with E-state index in [9.17, 15) is 4.79 Å². The summed E-state index contributed by atoms with van der Waals surface area (Å²) in [5.74, 6) is 1.09. The van der Waals surface area contributed by atoms with Crippen LogP contribution in [-0.4, -0.2) is 58.9 Å². The zero-order valence-corrected chi connectivity index (χ0v) is 19.8. The molecule has 0 aliphatic carbocycles. The van der Waals surface area contributed by atoms with Gasteiger partial charge in [0.25, 0.3) is 0 Å². The fourth-order valence-corrected chi connectivity index (χ4v) is 4.62. The number of benzene rings is 1. The topological polar surface area (TPSA) is 63.5 Å². The van der Waals surface area contributed by atoms with E-state index in [1.165, 1.54) is 11.1 Å². The quantitative estimate of drug-likeness (QED) is 0.587. The molecule has 170 valence electrons. The minimum Gasteiger partial charge on any atom is -0.495 e. The predicted molar refractivity (Wildman–Crippen MR) is 127 cm³/mol. The van der Waals surface area contributed by atoms with Crippen molar-refractivity contribution in [2.75, 3.05) is 38.2 Å². The van der Waals surface area contributed by atoms with Gasteiger partial charge in [-0.1, -0.05) is 12.1 Å². The molecule has 0 N–H and O–H groups in total. The van der Waals surface area contributed by atoms with Gasteiger partial charge in [0.05, 0.1) is 19.0 Å². The highest BCUT2D eigenvalue weighted by atomic mass is 16.5. The van der Waals surface area contributed by atoms with Crippen molar-refractivity contribution < 1.29 is 9.53 Å². The van der Waals surface area contributed by atoms with Crippen molar-refractivity contribution >= 4 is 22.6 Å². The van der Waals surface area contributed by atoms with Crippen molar-refractivity contribution in [3.63, 3.8) is 0 Å². The molecule has 1 fully saturated rings. The number of para-hydroxylation sites is 2. The van der Waals surface area contributed by atoms with Crippen LogP contribution in [0.15, 0.2) is 30.5 Å². The molecule has 1 aliphatic rings. The third kappa shape index (κ3) is 4.16. The van der Waals surface area contributed by atoms with Gasteiger partial charge in [-0.2, -0.15) is 5.10 Å². The second kappa shape index (κ2) is 9.18. The summed E-state index contributed by atoms with van der Waals surface area (Å²) in [4.78, 5) is 22.1. The molecule has 3 heterocycles. The largest absolute Gasteiger partial charge is 0.495 e. The first-order valence-electron chi connectivity index (χ1n) is 11.4. The molecule has 0 saturated carbocycles. The number of piperazine rings is 1. The minimum absolute atomic E-state index is 0.210. The Kier molecular flexibility index (Phi) is 6.35. The maximum Gasteiger partial charge on any atom is 0.223 e. The van der Waals surface area contributed by atoms with E-state index in [0.29, 0.717) is 12.8 Å². The van der Waals surface area contributed by atoms with Gasteiger partial charge in [0, 0.05) is 49.7 Å². The van der Waals surface area contributed by atoms with Gasteiger partial charge >= 0.3 is 0 Å². The Morgan fingerprint density at radius 3 is 2.53 bits per heavy atom. The third-order valence-electron chi connectivity index (χ3n) is 6.47. The number of amides is 1. The highest BCUT2D eigenvalue weighted by Gasteiger charge is 2.23. The van der Waals surface area contributed by atoms with E-state index in [2.05, 4.69) is 36.8 Å². The van der Waals surface area contributed by atoms with Crippen LogP contribution < -0.4 is 9.64 Å². The van der Waals surface area contributed by atoms with E-state index in [4.69, 9.17) is 9.72 Å². The Morgan fingerprint density at radius 2 is 1.84 bits per heavy atom. The third-order valence-corrected chi connectivity index (χ3v) is 6.47. The maximum atomic E-state index is 13.0. The van der Waals surface area contributed by atoms with Gasteiger partial charge in [-0.25, -0.2) is 9.67 Å². The van der Waals surface area contributed by atoms with E-state index < -0.39 is 0 Å². The lowest BCUT2D eigenvalue weighted by Crippen LogP contribution is -2.49. The number of hydrogen-bond acceptors (Lipinski definition) is 5. The van der Waals surface area contributed by atoms with Crippen LogP contribution in [0.2, 0.25) is 0 Å². The van der Waals surface area contributed by atoms with Crippen LogP contribution in [0.25, 0.3) is 11.0 Å². The number of fused-ring (bicyclic) bond motifs is 1. The van der Waals surface area contributed by atoms with Gasteiger partial charge in [-0.05, 0) is 57.4 Å².